The first-order chi connectivity index (χ1) is 6.97. The van der Waals surface area contributed by atoms with E-state index in [9.17, 15) is 4.79 Å². The molecule has 1 aliphatic heterocycles. The van der Waals surface area contributed by atoms with Gasteiger partial charge in [-0.05, 0) is 20.3 Å². The van der Waals surface area contributed by atoms with Gasteiger partial charge in [-0.2, -0.15) is 0 Å². The molecule has 0 spiro atoms. The van der Waals surface area contributed by atoms with Gasteiger partial charge in [-0.15, -0.1) is 0 Å². The third-order valence-electron chi connectivity index (χ3n) is 2.79. The van der Waals surface area contributed by atoms with Gasteiger partial charge in [0.25, 0.3) is 0 Å². The second kappa shape index (κ2) is 4.94. The van der Waals surface area contributed by atoms with Crippen molar-refractivity contribution in [3.05, 3.63) is 0 Å². The number of hydrogen-bond acceptors (Lipinski definition) is 3. The van der Waals surface area contributed by atoms with Crippen molar-refractivity contribution in [2.24, 2.45) is 5.73 Å². The number of hydrogen-bond donors (Lipinski definition) is 1. The van der Waals surface area contributed by atoms with Crippen LogP contribution in [0.4, 0.5) is 0 Å². The van der Waals surface area contributed by atoms with Crippen molar-refractivity contribution in [1.29, 1.82) is 0 Å². The summed E-state index contributed by atoms with van der Waals surface area (Å²) in [6.07, 6.45) is 1.79. The summed E-state index contributed by atoms with van der Waals surface area (Å²) in [6.45, 7) is 7.79. The molecule has 0 aliphatic carbocycles. The highest BCUT2D eigenvalue weighted by atomic mass is 16.5. The minimum absolute atomic E-state index is 0.0551. The Balaban J connectivity index is 2.58. The maximum Gasteiger partial charge on any atom is 0.242 e. The van der Waals surface area contributed by atoms with Gasteiger partial charge in [0.15, 0.2) is 0 Å². The molecule has 2 unspecified atom stereocenters. The Hall–Kier alpha value is -0.610. The monoisotopic (exact) mass is 214 g/mol. The molecule has 1 rings (SSSR count). The van der Waals surface area contributed by atoms with Crippen molar-refractivity contribution < 1.29 is 9.53 Å². The predicted molar refractivity (Wildman–Crippen MR) is 59.5 cm³/mol. The van der Waals surface area contributed by atoms with Crippen molar-refractivity contribution >= 4 is 5.91 Å². The summed E-state index contributed by atoms with van der Waals surface area (Å²) in [5.41, 5.74) is 5.30. The van der Waals surface area contributed by atoms with E-state index < -0.39 is 5.54 Å². The number of amides is 1. The van der Waals surface area contributed by atoms with Gasteiger partial charge in [0.05, 0.1) is 18.2 Å². The number of morpholine rings is 1. The summed E-state index contributed by atoms with van der Waals surface area (Å²) in [6, 6.07) is 0. The summed E-state index contributed by atoms with van der Waals surface area (Å²) in [5.74, 6) is 0.0551. The highest BCUT2D eigenvalue weighted by Gasteiger charge is 2.33. The van der Waals surface area contributed by atoms with Crippen molar-refractivity contribution in [3.63, 3.8) is 0 Å². The van der Waals surface area contributed by atoms with Gasteiger partial charge >= 0.3 is 0 Å². The maximum absolute atomic E-state index is 12.1. The third kappa shape index (κ3) is 3.18. The van der Waals surface area contributed by atoms with Crippen LogP contribution in [0.1, 0.15) is 33.6 Å². The van der Waals surface area contributed by atoms with Crippen LogP contribution in [0.3, 0.4) is 0 Å². The molecule has 4 heteroatoms. The summed E-state index contributed by atoms with van der Waals surface area (Å²) in [4.78, 5) is 13.9. The third-order valence-corrected chi connectivity index (χ3v) is 2.79. The van der Waals surface area contributed by atoms with E-state index >= 15 is 0 Å². The van der Waals surface area contributed by atoms with Crippen molar-refractivity contribution in [2.45, 2.75) is 45.3 Å². The average Bonchev–Trinajstić information content (AvgIpc) is 2.16. The van der Waals surface area contributed by atoms with Crippen LogP contribution < -0.4 is 5.73 Å². The Morgan fingerprint density at radius 2 is 2.33 bits per heavy atom. The number of rotatable bonds is 3. The normalized spacial score (nSPS) is 26.1. The quantitative estimate of drug-likeness (QED) is 0.754. The molecule has 1 amide bonds. The predicted octanol–water partition coefficient (Wildman–Crippen LogP) is 0.751. The number of nitrogens with two attached hydrogens (primary N) is 1. The molecule has 0 aromatic carbocycles. The Labute approximate surface area is 91.8 Å². The zero-order valence-electron chi connectivity index (χ0n) is 9.95. The topological polar surface area (TPSA) is 55.6 Å². The zero-order valence-corrected chi connectivity index (χ0v) is 9.95. The number of nitrogens with zero attached hydrogens (tertiary/aromatic N) is 1. The molecule has 1 fully saturated rings. The van der Waals surface area contributed by atoms with Gasteiger partial charge in [0, 0.05) is 13.1 Å². The molecular formula is C11H22N2O2. The Kier molecular flexibility index (Phi) is 4.11. The Bertz CT molecular complexity index is 229. The van der Waals surface area contributed by atoms with E-state index in [1.54, 1.807) is 0 Å². The Morgan fingerprint density at radius 1 is 1.67 bits per heavy atom. The van der Waals surface area contributed by atoms with Gasteiger partial charge in [-0.3, -0.25) is 4.79 Å². The van der Waals surface area contributed by atoms with Crippen LogP contribution in [0.15, 0.2) is 0 Å². The van der Waals surface area contributed by atoms with Crippen LogP contribution in [0, 0.1) is 0 Å². The molecule has 4 nitrogen and oxygen atoms in total. The largest absolute Gasteiger partial charge is 0.375 e. The van der Waals surface area contributed by atoms with Crippen molar-refractivity contribution in [2.75, 3.05) is 19.7 Å². The fourth-order valence-electron chi connectivity index (χ4n) is 1.99. The van der Waals surface area contributed by atoms with Crippen LogP contribution in [0.25, 0.3) is 0 Å². The lowest BCUT2D eigenvalue weighted by atomic mass is 9.95. The van der Waals surface area contributed by atoms with Crippen LogP contribution in [-0.4, -0.2) is 42.1 Å². The first kappa shape index (κ1) is 12.5. The minimum Gasteiger partial charge on any atom is -0.375 e. The molecule has 0 aromatic heterocycles. The molecule has 0 aromatic rings. The lowest BCUT2D eigenvalue weighted by Crippen LogP contribution is -2.57. The number of ether oxygens (including phenoxy) is 1. The fourth-order valence-corrected chi connectivity index (χ4v) is 1.99. The van der Waals surface area contributed by atoms with E-state index in [0.717, 1.165) is 12.8 Å². The molecule has 88 valence electrons. The molecule has 0 bridgehead atoms. The molecule has 0 radical (unpaired) electrons. The van der Waals surface area contributed by atoms with E-state index in [-0.39, 0.29) is 12.0 Å². The smallest absolute Gasteiger partial charge is 0.242 e. The zero-order chi connectivity index (χ0) is 11.5. The van der Waals surface area contributed by atoms with Crippen molar-refractivity contribution in [1.82, 2.24) is 4.90 Å². The standard InChI is InChI=1S/C11H22N2O2/c1-4-5-11(3,12)10(14)13-6-7-15-9(2)8-13/h9H,4-8,12H2,1-3H3. The van der Waals surface area contributed by atoms with E-state index in [1.165, 1.54) is 0 Å². The maximum atomic E-state index is 12.1. The lowest BCUT2D eigenvalue weighted by Gasteiger charge is -2.36. The number of carbonyl (C=O) groups excluding carboxylic acids is 1. The van der Waals surface area contributed by atoms with E-state index in [4.69, 9.17) is 10.5 Å². The van der Waals surface area contributed by atoms with E-state index in [0.29, 0.717) is 19.7 Å². The van der Waals surface area contributed by atoms with E-state index in [1.807, 2.05) is 25.7 Å². The second-order valence-corrected chi connectivity index (χ2v) is 4.60. The first-order valence-corrected chi connectivity index (χ1v) is 5.67. The molecule has 1 saturated heterocycles. The molecule has 2 atom stereocenters. The average molecular weight is 214 g/mol. The van der Waals surface area contributed by atoms with Gasteiger partial charge in [0.1, 0.15) is 0 Å². The molecule has 0 saturated carbocycles. The fraction of sp³-hybridized carbons (Fsp3) is 0.909. The highest BCUT2D eigenvalue weighted by molar-refractivity contribution is 5.85. The highest BCUT2D eigenvalue weighted by Crippen LogP contribution is 2.15. The molecule has 1 heterocycles. The van der Waals surface area contributed by atoms with E-state index in [2.05, 4.69) is 0 Å². The van der Waals surface area contributed by atoms with Crippen LogP contribution in [-0.2, 0) is 9.53 Å². The summed E-state index contributed by atoms with van der Waals surface area (Å²) in [7, 11) is 0. The molecule has 1 aliphatic rings. The summed E-state index contributed by atoms with van der Waals surface area (Å²) in [5, 5.41) is 0. The SMILES string of the molecule is CCCC(C)(N)C(=O)N1CCOC(C)C1. The number of carbonyl (C=O) groups is 1. The lowest BCUT2D eigenvalue weighted by molar-refractivity contribution is -0.143. The van der Waals surface area contributed by atoms with Crippen molar-refractivity contribution in [3.8, 4) is 0 Å². The second-order valence-electron chi connectivity index (χ2n) is 4.60. The molecular weight excluding hydrogens is 192 g/mol. The van der Waals surface area contributed by atoms with Crippen LogP contribution >= 0.6 is 0 Å². The minimum atomic E-state index is -0.716. The van der Waals surface area contributed by atoms with Gasteiger partial charge < -0.3 is 15.4 Å². The first-order valence-electron chi connectivity index (χ1n) is 5.67. The summed E-state index contributed by atoms with van der Waals surface area (Å²) < 4.78 is 5.40. The summed E-state index contributed by atoms with van der Waals surface area (Å²) >= 11 is 0. The van der Waals surface area contributed by atoms with Crippen LogP contribution in [0.2, 0.25) is 0 Å². The van der Waals surface area contributed by atoms with Gasteiger partial charge in [-0.1, -0.05) is 13.3 Å². The van der Waals surface area contributed by atoms with Gasteiger partial charge in [0.2, 0.25) is 5.91 Å². The van der Waals surface area contributed by atoms with Crippen LogP contribution in [0.5, 0.6) is 0 Å². The molecule has 15 heavy (non-hydrogen) atoms. The Morgan fingerprint density at radius 3 is 2.87 bits per heavy atom. The molecule has 2 N–H and O–H groups in total. The van der Waals surface area contributed by atoms with Gasteiger partial charge in [-0.25, -0.2) is 0 Å².